The summed E-state index contributed by atoms with van der Waals surface area (Å²) in [7, 11) is 0. The Labute approximate surface area is 121 Å². The molecule has 0 saturated carbocycles. The van der Waals surface area contributed by atoms with E-state index in [0.29, 0.717) is 29.0 Å². The van der Waals surface area contributed by atoms with Crippen LogP contribution in [0.1, 0.15) is 30.2 Å². The van der Waals surface area contributed by atoms with Crippen molar-refractivity contribution >= 4 is 11.6 Å². The minimum Gasteiger partial charge on any atom is -0.454 e. The van der Waals surface area contributed by atoms with Gasteiger partial charge in [-0.1, -0.05) is 11.6 Å². The summed E-state index contributed by atoms with van der Waals surface area (Å²) in [5, 5.41) is 3.90. The molecule has 0 spiro atoms. The Balaban J connectivity index is 1.68. The topological polar surface area (TPSA) is 56.5 Å². The molecule has 2 heterocycles. The van der Waals surface area contributed by atoms with Gasteiger partial charge in [0, 0.05) is 6.54 Å². The Bertz CT molecular complexity index is 627. The van der Waals surface area contributed by atoms with Crippen molar-refractivity contribution in [1.82, 2.24) is 10.3 Å². The second-order valence-corrected chi connectivity index (χ2v) is 5.13. The Hall–Kier alpha value is -1.72. The van der Waals surface area contributed by atoms with Gasteiger partial charge in [0.1, 0.15) is 5.76 Å². The minimum atomic E-state index is 0.0212. The fraction of sp³-hybridized carbons (Fsp3) is 0.357. The third-order valence-electron chi connectivity index (χ3n) is 3.11. The zero-order valence-electron chi connectivity index (χ0n) is 11.3. The lowest BCUT2D eigenvalue weighted by Gasteiger charge is -2.11. The highest BCUT2D eigenvalue weighted by molar-refractivity contribution is 6.32. The molecule has 1 atom stereocenters. The first-order valence-corrected chi connectivity index (χ1v) is 6.75. The quantitative estimate of drug-likeness (QED) is 0.938. The number of oxazole rings is 1. The van der Waals surface area contributed by atoms with Crippen LogP contribution in [0.25, 0.3) is 0 Å². The van der Waals surface area contributed by atoms with Crippen molar-refractivity contribution in [1.29, 1.82) is 0 Å². The van der Waals surface area contributed by atoms with Crippen LogP contribution in [0.15, 0.2) is 22.7 Å². The molecule has 106 valence electrons. The number of fused-ring (bicyclic) bond motifs is 1. The van der Waals surface area contributed by atoms with Crippen molar-refractivity contribution in [3.8, 4) is 11.5 Å². The Morgan fingerprint density at radius 2 is 2.25 bits per heavy atom. The molecule has 1 aromatic carbocycles. The molecule has 0 aliphatic carbocycles. The smallest absolute Gasteiger partial charge is 0.231 e. The van der Waals surface area contributed by atoms with Gasteiger partial charge in [0.2, 0.25) is 12.7 Å². The number of hydrogen-bond acceptors (Lipinski definition) is 5. The van der Waals surface area contributed by atoms with Crippen LogP contribution in [0.2, 0.25) is 5.02 Å². The zero-order valence-corrected chi connectivity index (χ0v) is 12.0. The van der Waals surface area contributed by atoms with Crippen molar-refractivity contribution in [2.24, 2.45) is 0 Å². The first-order valence-electron chi connectivity index (χ1n) is 6.37. The Morgan fingerprint density at radius 1 is 1.40 bits per heavy atom. The molecule has 3 rings (SSSR count). The van der Waals surface area contributed by atoms with Gasteiger partial charge in [0.15, 0.2) is 11.5 Å². The Morgan fingerprint density at radius 3 is 3.00 bits per heavy atom. The number of ether oxygens (including phenoxy) is 2. The number of aromatic nitrogens is 1. The lowest BCUT2D eigenvalue weighted by Crippen LogP contribution is -2.18. The average Bonchev–Trinajstić information content (AvgIpc) is 3.04. The van der Waals surface area contributed by atoms with Crippen LogP contribution in [0, 0.1) is 6.92 Å². The van der Waals surface area contributed by atoms with Gasteiger partial charge in [-0.25, -0.2) is 4.98 Å². The summed E-state index contributed by atoms with van der Waals surface area (Å²) >= 11 is 6.15. The first-order chi connectivity index (χ1) is 9.63. The van der Waals surface area contributed by atoms with E-state index in [4.69, 9.17) is 25.5 Å². The molecular weight excluding hydrogens is 280 g/mol. The summed E-state index contributed by atoms with van der Waals surface area (Å²) in [6, 6.07) is 3.82. The maximum absolute atomic E-state index is 6.15. The summed E-state index contributed by atoms with van der Waals surface area (Å²) < 4.78 is 16.1. The molecule has 0 fully saturated rings. The molecule has 1 unspecified atom stereocenters. The molecule has 0 radical (unpaired) electrons. The van der Waals surface area contributed by atoms with Crippen LogP contribution in [0.3, 0.4) is 0 Å². The van der Waals surface area contributed by atoms with Gasteiger partial charge in [-0.2, -0.15) is 0 Å². The summed E-state index contributed by atoms with van der Waals surface area (Å²) in [5.74, 6) is 2.79. The maximum atomic E-state index is 6.15. The van der Waals surface area contributed by atoms with E-state index >= 15 is 0 Å². The van der Waals surface area contributed by atoms with E-state index < -0.39 is 0 Å². The molecule has 1 aliphatic heterocycles. The molecule has 0 amide bonds. The molecular formula is C14H15ClN2O3. The molecule has 0 bridgehead atoms. The first kappa shape index (κ1) is 13.3. The van der Waals surface area contributed by atoms with Crippen molar-refractivity contribution in [2.45, 2.75) is 26.4 Å². The number of benzene rings is 1. The molecule has 20 heavy (non-hydrogen) atoms. The third kappa shape index (κ3) is 2.59. The van der Waals surface area contributed by atoms with Crippen LogP contribution < -0.4 is 14.8 Å². The van der Waals surface area contributed by atoms with Gasteiger partial charge in [0.25, 0.3) is 0 Å². The molecule has 0 saturated heterocycles. The molecule has 2 aromatic rings. The number of rotatable bonds is 4. The van der Waals surface area contributed by atoms with Crippen LogP contribution in [0.5, 0.6) is 11.5 Å². The lowest BCUT2D eigenvalue weighted by atomic mass is 10.2. The molecule has 1 N–H and O–H groups in total. The van der Waals surface area contributed by atoms with Crippen LogP contribution in [-0.2, 0) is 6.54 Å². The predicted octanol–water partition coefficient (Wildman–Crippen LogP) is 3.22. The number of nitrogens with one attached hydrogen (secondary N) is 1. The van der Waals surface area contributed by atoms with Gasteiger partial charge in [0.05, 0.1) is 17.3 Å². The van der Waals surface area contributed by atoms with Crippen LogP contribution in [0.4, 0.5) is 0 Å². The van der Waals surface area contributed by atoms with Crippen LogP contribution in [-0.4, -0.2) is 11.8 Å². The third-order valence-corrected chi connectivity index (χ3v) is 3.39. The highest BCUT2D eigenvalue weighted by Crippen LogP contribution is 2.39. The van der Waals surface area contributed by atoms with Crippen molar-refractivity contribution in [3.63, 3.8) is 0 Å². The summed E-state index contributed by atoms with van der Waals surface area (Å²) in [4.78, 5) is 4.20. The van der Waals surface area contributed by atoms with Gasteiger partial charge < -0.3 is 19.2 Å². The van der Waals surface area contributed by atoms with E-state index in [9.17, 15) is 0 Å². The normalized spacial score (nSPS) is 14.6. The van der Waals surface area contributed by atoms with Crippen LogP contribution >= 0.6 is 11.6 Å². The SMILES string of the molecule is Cc1cnc(C(C)NCc2cc(Cl)c3c(c2)OCO3)o1. The second-order valence-electron chi connectivity index (χ2n) is 4.72. The number of aryl methyl sites for hydroxylation is 1. The predicted molar refractivity (Wildman–Crippen MR) is 74.1 cm³/mol. The van der Waals surface area contributed by atoms with Gasteiger partial charge in [-0.05, 0) is 31.5 Å². The highest BCUT2D eigenvalue weighted by atomic mass is 35.5. The fourth-order valence-corrected chi connectivity index (χ4v) is 2.34. The molecule has 5 nitrogen and oxygen atoms in total. The summed E-state index contributed by atoms with van der Waals surface area (Å²) in [6.45, 7) is 4.73. The van der Waals surface area contributed by atoms with E-state index in [2.05, 4.69) is 10.3 Å². The number of halogens is 1. The Kier molecular flexibility index (Phi) is 3.54. The average molecular weight is 295 g/mol. The van der Waals surface area contributed by atoms with Gasteiger partial charge >= 0.3 is 0 Å². The lowest BCUT2D eigenvalue weighted by molar-refractivity contribution is 0.174. The number of hydrogen-bond donors (Lipinski definition) is 1. The molecule has 6 heteroatoms. The maximum Gasteiger partial charge on any atom is 0.231 e. The van der Waals surface area contributed by atoms with Gasteiger partial charge in [-0.15, -0.1) is 0 Å². The monoisotopic (exact) mass is 294 g/mol. The van der Waals surface area contributed by atoms with E-state index in [-0.39, 0.29) is 12.8 Å². The standard InChI is InChI=1S/C14H15ClN2O3/c1-8-5-17-14(20-8)9(2)16-6-10-3-11(15)13-12(4-10)18-7-19-13/h3-5,9,16H,6-7H2,1-2H3. The molecule has 1 aromatic heterocycles. The number of nitrogens with zero attached hydrogens (tertiary/aromatic N) is 1. The van der Waals surface area contributed by atoms with E-state index in [1.54, 1.807) is 6.20 Å². The molecule has 1 aliphatic rings. The zero-order chi connectivity index (χ0) is 14.1. The van der Waals surface area contributed by atoms with E-state index in [1.807, 2.05) is 26.0 Å². The fourth-order valence-electron chi connectivity index (χ4n) is 2.05. The summed E-state index contributed by atoms with van der Waals surface area (Å²) in [5.41, 5.74) is 1.02. The summed E-state index contributed by atoms with van der Waals surface area (Å²) in [6.07, 6.45) is 1.71. The highest BCUT2D eigenvalue weighted by Gasteiger charge is 2.18. The minimum absolute atomic E-state index is 0.0212. The largest absolute Gasteiger partial charge is 0.454 e. The van der Waals surface area contributed by atoms with Crippen molar-refractivity contribution in [2.75, 3.05) is 6.79 Å². The van der Waals surface area contributed by atoms with Crippen molar-refractivity contribution < 1.29 is 13.9 Å². The van der Waals surface area contributed by atoms with E-state index in [0.717, 1.165) is 11.3 Å². The van der Waals surface area contributed by atoms with Gasteiger partial charge in [-0.3, -0.25) is 0 Å². The second kappa shape index (κ2) is 5.34. The van der Waals surface area contributed by atoms with Crippen molar-refractivity contribution in [3.05, 3.63) is 40.6 Å². The van der Waals surface area contributed by atoms with E-state index in [1.165, 1.54) is 0 Å².